The fraction of sp³-hybridized carbons (Fsp3) is 0.417. The molecule has 0 amide bonds. The average molecular weight is 312 g/mol. The SMILES string of the molecule is COC(=O)C(C)(C)COc1cc(Cl)c(Cl)cc1Cl. The van der Waals surface area contributed by atoms with Crippen molar-refractivity contribution >= 4 is 40.8 Å². The van der Waals surface area contributed by atoms with E-state index in [2.05, 4.69) is 4.74 Å². The second-order valence-electron chi connectivity index (χ2n) is 4.36. The van der Waals surface area contributed by atoms with E-state index in [1.54, 1.807) is 13.8 Å². The van der Waals surface area contributed by atoms with Crippen molar-refractivity contribution in [3.8, 4) is 5.75 Å². The zero-order chi connectivity index (χ0) is 13.9. The molecule has 0 fully saturated rings. The molecule has 0 atom stereocenters. The highest BCUT2D eigenvalue weighted by Crippen LogP contribution is 2.34. The third kappa shape index (κ3) is 3.67. The maximum Gasteiger partial charge on any atom is 0.314 e. The third-order valence-electron chi connectivity index (χ3n) is 2.30. The molecule has 1 aromatic rings. The van der Waals surface area contributed by atoms with Gasteiger partial charge in [-0.3, -0.25) is 4.79 Å². The molecule has 0 aliphatic heterocycles. The molecule has 0 spiro atoms. The van der Waals surface area contributed by atoms with Gasteiger partial charge in [0.2, 0.25) is 0 Å². The van der Waals surface area contributed by atoms with E-state index in [1.165, 1.54) is 19.2 Å². The third-order valence-corrected chi connectivity index (χ3v) is 3.32. The van der Waals surface area contributed by atoms with E-state index in [1.807, 2.05) is 0 Å². The summed E-state index contributed by atoms with van der Waals surface area (Å²) in [5.74, 6) is 0.0155. The summed E-state index contributed by atoms with van der Waals surface area (Å²) in [4.78, 5) is 11.5. The first-order valence-electron chi connectivity index (χ1n) is 5.13. The molecule has 6 heteroatoms. The summed E-state index contributed by atoms with van der Waals surface area (Å²) < 4.78 is 10.2. The van der Waals surface area contributed by atoms with Crippen LogP contribution in [0.1, 0.15) is 13.8 Å². The van der Waals surface area contributed by atoms with Gasteiger partial charge in [-0.2, -0.15) is 0 Å². The molecular weight excluding hydrogens is 298 g/mol. The van der Waals surface area contributed by atoms with Crippen LogP contribution in [-0.4, -0.2) is 19.7 Å². The first kappa shape index (κ1) is 15.4. The molecule has 100 valence electrons. The molecule has 3 nitrogen and oxygen atoms in total. The van der Waals surface area contributed by atoms with Crippen molar-refractivity contribution < 1.29 is 14.3 Å². The van der Waals surface area contributed by atoms with Gasteiger partial charge in [-0.1, -0.05) is 34.8 Å². The van der Waals surface area contributed by atoms with Gasteiger partial charge in [0.1, 0.15) is 12.4 Å². The minimum Gasteiger partial charge on any atom is -0.491 e. The summed E-state index contributed by atoms with van der Waals surface area (Å²) >= 11 is 17.6. The summed E-state index contributed by atoms with van der Waals surface area (Å²) in [5.41, 5.74) is -0.774. The van der Waals surface area contributed by atoms with Crippen molar-refractivity contribution in [1.29, 1.82) is 0 Å². The lowest BCUT2D eigenvalue weighted by Gasteiger charge is -2.22. The Morgan fingerprint density at radius 2 is 1.72 bits per heavy atom. The number of carbonyl (C=O) groups excluding carboxylic acids is 1. The van der Waals surface area contributed by atoms with Gasteiger partial charge in [0, 0.05) is 6.07 Å². The largest absolute Gasteiger partial charge is 0.491 e. The molecule has 18 heavy (non-hydrogen) atoms. The van der Waals surface area contributed by atoms with Crippen LogP contribution in [0.2, 0.25) is 15.1 Å². The van der Waals surface area contributed by atoms with Crippen LogP contribution in [0.15, 0.2) is 12.1 Å². The lowest BCUT2D eigenvalue weighted by atomic mass is 9.95. The van der Waals surface area contributed by atoms with Crippen LogP contribution >= 0.6 is 34.8 Å². The Balaban J connectivity index is 2.81. The number of carbonyl (C=O) groups is 1. The number of methoxy groups -OCH3 is 1. The van der Waals surface area contributed by atoms with Gasteiger partial charge >= 0.3 is 5.97 Å². The van der Waals surface area contributed by atoms with E-state index in [9.17, 15) is 4.79 Å². The maximum absolute atomic E-state index is 11.5. The van der Waals surface area contributed by atoms with Crippen LogP contribution in [0.3, 0.4) is 0 Å². The molecule has 0 N–H and O–H groups in total. The van der Waals surface area contributed by atoms with E-state index in [4.69, 9.17) is 39.5 Å². The van der Waals surface area contributed by atoms with Gasteiger partial charge in [-0.15, -0.1) is 0 Å². The lowest BCUT2D eigenvalue weighted by molar-refractivity contribution is -0.152. The number of rotatable bonds is 4. The van der Waals surface area contributed by atoms with Gasteiger partial charge < -0.3 is 9.47 Å². The molecule has 0 saturated carbocycles. The number of ether oxygens (including phenoxy) is 2. The van der Waals surface area contributed by atoms with Gasteiger partial charge in [-0.05, 0) is 19.9 Å². The summed E-state index contributed by atoms with van der Waals surface area (Å²) in [6, 6.07) is 3.01. The number of esters is 1. The van der Waals surface area contributed by atoms with Crippen molar-refractivity contribution in [3.05, 3.63) is 27.2 Å². The summed E-state index contributed by atoms with van der Waals surface area (Å²) in [6.07, 6.45) is 0. The summed E-state index contributed by atoms with van der Waals surface area (Å²) in [6.45, 7) is 3.55. The second-order valence-corrected chi connectivity index (χ2v) is 5.58. The molecule has 0 heterocycles. The minimum absolute atomic E-state index is 0.122. The van der Waals surface area contributed by atoms with E-state index in [-0.39, 0.29) is 12.6 Å². The Labute approximate surface area is 121 Å². The van der Waals surface area contributed by atoms with Crippen LogP contribution in [0.25, 0.3) is 0 Å². The predicted molar refractivity (Wildman–Crippen MR) is 72.8 cm³/mol. The Hall–Kier alpha value is -0.640. The summed E-state index contributed by atoms with van der Waals surface area (Å²) in [7, 11) is 1.33. The number of hydrogen-bond donors (Lipinski definition) is 0. The van der Waals surface area contributed by atoms with Crippen LogP contribution in [0.4, 0.5) is 0 Å². The van der Waals surface area contributed by atoms with Gasteiger partial charge in [-0.25, -0.2) is 0 Å². The van der Waals surface area contributed by atoms with E-state index in [0.29, 0.717) is 20.8 Å². The topological polar surface area (TPSA) is 35.5 Å². The van der Waals surface area contributed by atoms with Crippen molar-refractivity contribution in [2.45, 2.75) is 13.8 Å². The number of hydrogen-bond acceptors (Lipinski definition) is 3. The fourth-order valence-corrected chi connectivity index (χ4v) is 1.80. The number of benzene rings is 1. The fourth-order valence-electron chi connectivity index (χ4n) is 1.21. The quantitative estimate of drug-likeness (QED) is 0.617. The highest BCUT2D eigenvalue weighted by molar-refractivity contribution is 6.43. The predicted octanol–water partition coefficient (Wildman–Crippen LogP) is 4.22. The minimum atomic E-state index is -0.774. The Kier molecular flexibility index (Phi) is 5.14. The highest BCUT2D eigenvalue weighted by atomic mass is 35.5. The molecule has 0 aromatic heterocycles. The molecular formula is C12H13Cl3O3. The molecule has 0 aliphatic rings. The van der Waals surface area contributed by atoms with Crippen LogP contribution in [-0.2, 0) is 9.53 Å². The average Bonchev–Trinajstić information content (AvgIpc) is 2.31. The molecule has 1 rings (SSSR count). The Bertz CT molecular complexity index is 458. The first-order chi connectivity index (χ1) is 8.27. The molecule has 1 aromatic carbocycles. The van der Waals surface area contributed by atoms with Gasteiger partial charge in [0.25, 0.3) is 0 Å². The monoisotopic (exact) mass is 310 g/mol. The smallest absolute Gasteiger partial charge is 0.314 e. The zero-order valence-electron chi connectivity index (χ0n) is 10.2. The van der Waals surface area contributed by atoms with Gasteiger partial charge in [0.15, 0.2) is 0 Å². The Morgan fingerprint density at radius 3 is 2.28 bits per heavy atom. The maximum atomic E-state index is 11.5. The van der Waals surface area contributed by atoms with Crippen molar-refractivity contribution in [3.63, 3.8) is 0 Å². The van der Waals surface area contributed by atoms with Crippen LogP contribution in [0.5, 0.6) is 5.75 Å². The Morgan fingerprint density at radius 1 is 1.17 bits per heavy atom. The van der Waals surface area contributed by atoms with Crippen molar-refractivity contribution in [2.75, 3.05) is 13.7 Å². The normalized spacial score (nSPS) is 11.2. The summed E-state index contributed by atoms with van der Waals surface area (Å²) in [5, 5.41) is 1.03. The first-order valence-corrected chi connectivity index (χ1v) is 6.27. The zero-order valence-corrected chi connectivity index (χ0v) is 12.5. The number of halogens is 3. The van der Waals surface area contributed by atoms with Crippen LogP contribution < -0.4 is 4.74 Å². The van der Waals surface area contributed by atoms with Crippen LogP contribution in [0, 0.1) is 5.41 Å². The lowest BCUT2D eigenvalue weighted by Crippen LogP contribution is -2.32. The molecule has 0 radical (unpaired) electrons. The standard InChI is InChI=1S/C12H13Cl3O3/c1-12(2,11(16)17-3)6-18-10-5-8(14)7(13)4-9(10)15/h4-5H,6H2,1-3H3. The van der Waals surface area contributed by atoms with E-state index < -0.39 is 5.41 Å². The molecule has 0 bridgehead atoms. The van der Waals surface area contributed by atoms with Gasteiger partial charge in [0.05, 0.1) is 27.6 Å². The molecule has 0 saturated heterocycles. The van der Waals surface area contributed by atoms with Crippen molar-refractivity contribution in [1.82, 2.24) is 0 Å². The molecule has 0 aliphatic carbocycles. The highest BCUT2D eigenvalue weighted by Gasteiger charge is 2.30. The van der Waals surface area contributed by atoms with E-state index in [0.717, 1.165) is 0 Å². The second kappa shape index (κ2) is 6.00. The molecule has 0 unspecified atom stereocenters. The van der Waals surface area contributed by atoms with E-state index >= 15 is 0 Å². The van der Waals surface area contributed by atoms with Crippen molar-refractivity contribution in [2.24, 2.45) is 5.41 Å².